The molecule has 0 fully saturated rings. The van der Waals surface area contributed by atoms with Crippen LogP contribution in [0.3, 0.4) is 0 Å². The van der Waals surface area contributed by atoms with Gasteiger partial charge in [0.15, 0.2) is 4.75 Å². The number of nitrogens with one attached hydrogen (secondary N) is 2. The van der Waals surface area contributed by atoms with Gasteiger partial charge in [0.05, 0.1) is 11.4 Å². The van der Waals surface area contributed by atoms with Gasteiger partial charge in [0.2, 0.25) is 11.8 Å². The van der Waals surface area contributed by atoms with E-state index in [0.29, 0.717) is 5.69 Å². The van der Waals surface area contributed by atoms with E-state index in [9.17, 15) is 9.59 Å². The van der Waals surface area contributed by atoms with Gasteiger partial charge in [0, 0.05) is 9.37 Å². The second-order valence-corrected chi connectivity index (χ2v) is 7.33. The number of carbonyl (C=O) groups is 2. The number of thioether (sulfide) groups is 1. The van der Waals surface area contributed by atoms with Crippen LogP contribution >= 0.6 is 27.7 Å². The number of halogens is 1. The molecule has 0 aliphatic carbocycles. The maximum Gasteiger partial charge on any atom is 0.250 e. The van der Waals surface area contributed by atoms with Gasteiger partial charge >= 0.3 is 0 Å². The lowest BCUT2D eigenvalue weighted by Gasteiger charge is -2.31. The first-order valence-corrected chi connectivity index (χ1v) is 8.27. The Morgan fingerprint density at radius 1 is 1.18 bits per heavy atom. The average molecular weight is 377 g/mol. The van der Waals surface area contributed by atoms with Gasteiger partial charge in [-0.05, 0) is 47.1 Å². The zero-order chi connectivity index (χ0) is 15.7. The molecular weight excluding hydrogens is 364 g/mol. The van der Waals surface area contributed by atoms with Crippen molar-refractivity contribution < 1.29 is 9.59 Å². The molecule has 0 spiro atoms. The summed E-state index contributed by atoms with van der Waals surface area (Å²) in [6, 6.07) is 14.8. The molecule has 2 N–H and O–H groups in total. The number of amides is 2. The zero-order valence-corrected chi connectivity index (χ0v) is 14.1. The van der Waals surface area contributed by atoms with Gasteiger partial charge in [0.1, 0.15) is 0 Å². The second-order valence-electron chi connectivity index (χ2n) is 5.02. The minimum atomic E-state index is -1.22. The molecule has 3 rings (SSSR count). The Morgan fingerprint density at radius 3 is 2.64 bits per heavy atom. The number of hydrogen-bond acceptors (Lipinski definition) is 3. The van der Waals surface area contributed by atoms with Gasteiger partial charge in [-0.25, -0.2) is 0 Å². The number of benzene rings is 2. The molecule has 1 heterocycles. The molecule has 1 atom stereocenters. The van der Waals surface area contributed by atoms with Crippen molar-refractivity contribution in [1.82, 2.24) is 0 Å². The van der Waals surface area contributed by atoms with E-state index in [1.807, 2.05) is 42.5 Å². The third-order valence-corrected chi connectivity index (χ3v) is 5.48. The van der Waals surface area contributed by atoms with E-state index in [-0.39, 0.29) is 11.8 Å². The normalized spacial score (nSPS) is 20.0. The third-order valence-electron chi connectivity index (χ3n) is 3.44. The summed E-state index contributed by atoms with van der Waals surface area (Å²) in [5.41, 5.74) is 1.38. The minimum Gasteiger partial charge on any atom is -0.323 e. The summed E-state index contributed by atoms with van der Waals surface area (Å²) < 4.78 is -0.447. The lowest BCUT2D eigenvalue weighted by molar-refractivity contribution is -0.126. The largest absolute Gasteiger partial charge is 0.323 e. The molecule has 2 aromatic carbocycles. The number of para-hydroxylation sites is 2. The van der Waals surface area contributed by atoms with E-state index >= 15 is 0 Å². The van der Waals surface area contributed by atoms with E-state index in [2.05, 4.69) is 26.6 Å². The fourth-order valence-electron chi connectivity index (χ4n) is 2.12. The molecule has 2 amide bonds. The van der Waals surface area contributed by atoms with E-state index in [0.717, 1.165) is 15.1 Å². The SMILES string of the molecule is CC1(C(=O)Nc2ccccc2Br)Sc2ccccc2NC1=O. The van der Waals surface area contributed by atoms with Crippen molar-refractivity contribution in [3.63, 3.8) is 0 Å². The van der Waals surface area contributed by atoms with E-state index < -0.39 is 4.75 Å². The van der Waals surface area contributed by atoms with Crippen molar-refractivity contribution in [3.8, 4) is 0 Å². The topological polar surface area (TPSA) is 58.2 Å². The van der Waals surface area contributed by atoms with Crippen molar-refractivity contribution in [2.24, 2.45) is 0 Å². The lowest BCUT2D eigenvalue weighted by atomic mass is 10.1. The van der Waals surface area contributed by atoms with Crippen LogP contribution in [0.2, 0.25) is 0 Å². The molecule has 1 unspecified atom stereocenters. The van der Waals surface area contributed by atoms with Gasteiger partial charge < -0.3 is 10.6 Å². The van der Waals surface area contributed by atoms with Gasteiger partial charge in [0.25, 0.3) is 0 Å². The van der Waals surface area contributed by atoms with Gasteiger partial charge in [-0.3, -0.25) is 9.59 Å². The second kappa shape index (κ2) is 5.78. The number of carbonyl (C=O) groups excluding carboxylic acids is 2. The number of fused-ring (bicyclic) bond motifs is 1. The van der Waals surface area contributed by atoms with E-state index in [1.54, 1.807) is 13.0 Å². The standard InChI is InChI=1S/C16H13BrN2O2S/c1-16(14(20)18-11-7-3-2-6-10(11)17)15(21)19-12-8-4-5-9-13(12)22-16/h2-9H,1H3,(H,18,20)(H,19,21). The first kappa shape index (κ1) is 15.1. The number of hydrogen-bond donors (Lipinski definition) is 2. The highest BCUT2D eigenvalue weighted by Crippen LogP contribution is 2.43. The summed E-state index contributed by atoms with van der Waals surface area (Å²) in [5, 5.41) is 5.61. The summed E-state index contributed by atoms with van der Waals surface area (Å²) >= 11 is 4.65. The Hall–Kier alpha value is -1.79. The fourth-order valence-corrected chi connectivity index (χ4v) is 3.61. The van der Waals surface area contributed by atoms with Crippen LogP contribution in [0.5, 0.6) is 0 Å². The molecular formula is C16H13BrN2O2S. The monoisotopic (exact) mass is 376 g/mol. The molecule has 1 aliphatic heterocycles. The van der Waals surface area contributed by atoms with Crippen molar-refractivity contribution in [2.75, 3.05) is 10.6 Å². The Morgan fingerprint density at radius 2 is 1.86 bits per heavy atom. The van der Waals surface area contributed by atoms with Crippen LogP contribution in [0.25, 0.3) is 0 Å². The van der Waals surface area contributed by atoms with Crippen molar-refractivity contribution >= 4 is 50.9 Å². The molecule has 0 saturated carbocycles. The molecule has 0 radical (unpaired) electrons. The Bertz CT molecular complexity index is 765. The molecule has 6 heteroatoms. The highest BCUT2D eigenvalue weighted by molar-refractivity contribution is 9.10. The maximum absolute atomic E-state index is 12.6. The van der Waals surface area contributed by atoms with Crippen LogP contribution < -0.4 is 10.6 Å². The zero-order valence-electron chi connectivity index (χ0n) is 11.7. The van der Waals surface area contributed by atoms with Crippen molar-refractivity contribution in [3.05, 3.63) is 53.0 Å². The Balaban J connectivity index is 1.89. The smallest absolute Gasteiger partial charge is 0.250 e. The fraction of sp³-hybridized carbons (Fsp3) is 0.125. The predicted molar refractivity (Wildman–Crippen MR) is 92.1 cm³/mol. The molecule has 4 nitrogen and oxygen atoms in total. The summed E-state index contributed by atoms with van der Waals surface area (Å²) in [6.45, 7) is 1.63. The summed E-state index contributed by atoms with van der Waals surface area (Å²) in [6.07, 6.45) is 0. The molecule has 1 aliphatic rings. The van der Waals surface area contributed by atoms with E-state index in [4.69, 9.17) is 0 Å². The van der Waals surface area contributed by atoms with Crippen LogP contribution in [0.15, 0.2) is 57.9 Å². The van der Waals surface area contributed by atoms with Crippen LogP contribution in [-0.4, -0.2) is 16.6 Å². The molecule has 0 bridgehead atoms. The Labute approximate surface area is 140 Å². The van der Waals surface area contributed by atoms with Gasteiger partial charge in [-0.1, -0.05) is 36.0 Å². The molecule has 112 valence electrons. The first-order chi connectivity index (χ1) is 10.5. The predicted octanol–water partition coefficient (Wildman–Crippen LogP) is 3.89. The van der Waals surface area contributed by atoms with Crippen molar-refractivity contribution in [2.45, 2.75) is 16.6 Å². The third kappa shape index (κ3) is 2.64. The molecule has 22 heavy (non-hydrogen) atoms. The van der Waals surface area contributed by atoms with Crippen LogP contribution in [0.4, 0.5) is 11.4 Å². The highest BCUT2D eigenvalue weighted by Gasteiger charge is 2.45. The molecule has 0 aromatic heterocycles. The lowest BCUT2D eigenvalue weighted by Crippen LogP contribution is -2.49. The Kier molecular flexibility index (Phi) is 3.97. The highest BCUT2D eigenvalue weighted by atomic mass is 79.9. The maximum atomic E-state index is 12.6. The quantitative estimate of drug-likeness (QED) is 0.781. The van der Waals surface area contributed by atoms with Crippen LogP contribution in [-0.2, 0) is 9.59 Å². The average Bonchev–Trinajstić information content (AvgIpc) is 2.50. The summed E-state index contributed by atoms with van der Waals surface area (Å²) in [5.74, 6) is -0.669. The van der Waals surface area contributed by atoms with E-state index in [1.165, 1.54) is 11.8 Å². The van der Waals surface area contributed by atoms with Crippen molar-refractivity contribution in [1.29, 1.82) is 0 Å². The number of rotatable bonds is 2. The van der Waals surface area contributed by atoms with Gasteiger partial charge in [-0.2, -0.15) is 0 Å². The number of anilines is 2. The van der Waals surface area contributed by atoms with Crippen LogP contribution in [0.1, 0.15) is 6.92 Å². The summed E-state index contributed by atoms with van der Waals surface area (Å²) in [4.78, 5) is 25.9. The molecule has 0 saturated heterocycles. The van der Waals surface area contributed by atoms with Gasteiger partial charge in [-0.15, -0.1) is 0 Å². The molecule has 2 aromatic rings. The minimum absolute atomic E-state index is 0.319. The first-order valence-electron chi connectivity index (χ1n) is 6.66. The van der Waals surface area contributed by atoms with Crippen LogP contribution in [0, 0.1) is 0 Å². The summed E-state index contributed by atoms with van der Waals surface area (Å²) in [7, 11) is 0.